The molecule has 1 rings (SSSR count). The molecule has 0 spiro atoms. The Morgan fingerprint density at radius 1 is 1.09 bits per heavy atom. The summed E-state index contributed by atoms with van der Waals surface area (Å²) in [6.45, 7) is 18.9. The third kappa shape index (κ3) is 9.06. The number of nitrogens with zero attached hydrogens (tertiary/aromatic N) is 1. The van der Waals surface area contributed by atoms with E-state index in [1.165, 1.54) is 4.90 Å². The third-order valence-corrected chi connectivity index (χ3v) is 5.60. The SMILES string of the molecule is CCCCNC(=O)C(C)(C)C[C@@H]1OC(C)(C)N(C(=O)OC(C)(C)C)[C@H]1OCC(C)(C)CC(=O)O. The van der Waals surface area contributed by atoms with Gasteiger partial charge in [-0.2, -0.15) is 0 Å². The first kappa shape index (κ1) is 30.2. The zero-order valence-corrected chi connectivity index (χ0v) is 22.7. The largest absolute Gasteiger partial charge is 0.481 e. The number of carbonyl (C=O) groups excluding carboxylic acids is 2. The highest BCUT2D eigenvalue weighted by Gasteiger charge is 2.54. The maximum atomic E-state index is 13.2. The predicted octanol–water partition coefficient (Wildman–Crippen LogP) is 4.53. The van der Waals surface area contributed by atoms with E-state index in [4.69, 9.17) is 14.2 Å². The maximum Gasteiger partial charge on any atom is 0.414 e. The number of ether oxygens (including phenoxy) is 3. The predicted molar refractivity (Wildman–Crippen MR) is 129 cm³/mol. The fourth-order valence-corrected chi connectivity index (χ4v) is 3.90. The number of unbranched alkanes of at least 4 members (excludes halogenated alkanes) is 1. The van der Waals surface area contributed by atoms with Gasteiger partial charge in [-0.1, -0.05) is 41.0 Å². The molecule has 1 aliphatic rings. The molecule has 9 nitrogen and oxygen atoms in total. The van der Waals surface area contributed by atoms with Gasteiger partial charge in [-0.3, -0.25) is 14.5 Å². The van der Waals surface area contributed by atoms with Crippen LogP contribution in [0, 0.1) is 10.8 Å². The number of hydrogen-bond donors (Lipinski definition) is 2. The summed E-state index contributed by atoms with van der Waals surface area (Å²) >= 11 is 0. The molecule has 0 radical (unpaired) electrons. The molecule has 2 amide bonds. The van der Waals surface area contributed by atoms with Crippen LogP contribution in [0.5, 0.6) is 0 Å². The Morgan fingerprint density at radius 3 is 2.18 bits per heavy atom. The van der Waals surface area contributed by atoms with Crippen LogP contribution in [0.4, 0.5) is 4.79 Å². The number of rotatable bonds is 11. The number of hydrogen-bond acceptors (Lipinski definition) is 6. The lowest BCUT2D eigenvalue weighted by Gasteiger charge is -2.36. The van der Waals surface area contributed by atoms with Gasteiger partial charge < -0.3 is 24.6 Å². The highest BCUT2D eigenvalue weighted by molar-refractivity contribution is 5.81. The van der Waals surface area contributed by atoms with Crippen molar-refractivity contribution in [2.45, 2.75) is 119 Å². The number of amides is 2. The van der Waals surface area contributed by atoms with E-state index in [-0.39, 0.29) is 18.9 Å². The average molecular weight is 487 g/mol. The van der Waals surface area contributed by atoms with Crippen molar-refractivity contribution < 1.29 is 33.7 Å². The molecule has 2 N–H and O–H groups in total. The van der Waals surface area contributed by atoms with Gasteiger partial charge in [0.1, 0.15) is 17.4 Å². The van der Waals surface area contributed by atoms with E-state index in [9.17, 15) is 19.5 Å². The van der Waals surface area contributed by atoms with E-state index in [1.54, 1.807) is 48.5 Å². The smallest absolute Gasteiger partial charge is 0.414 e. The van der Waals surface area contributed by atoms with Crippen LogP contribution < -0.4 is 5.32 Å². The van der Waals surface area contributed by atoms with Crippen LogP contribution in [-0.4, -0.2) is 64.8 Å². The zero-order chi connectivity index (χ0) is 26.5. The second-order valence-electron chi connectivity index (χ2n) is 12.1. The molecule has 9 heteroatoms. The summed E-state index contributed by atoms with van der Waals surface area (Å²) in [7, 11) is 0. The van der Waals surface area contributed by atoms with Crippen LogP contribution in [-0.2, 0) is 23.8 Å². The first-order valence-electron chi connectivity index (χ1n) is 12.1. The van der Waals surface area contributed by atoms with E-state index in [2.05, 4.69) is 12.2 Å². The summed E-state index contributed by atoms with van der Waals surface area (Å²) in [5.41, 5.74) is -3.23. The first-order valence-corrected chi connectivity index (χ1v) is 12.1. The summed E-state index contributed by atoms with van der Waals surface area (Å²) < 4.78 is 18.1. The molecule has 0 aromatic rings. The van der Waals surface area contributed by atoms with Gasteiger partial charge in [-0.05, 0) is 52.9 Å². The minimum atomic E-state index is -1.05. The van der Waals surface area contributed by atoms with Gasteiger partial charge in [0.05, 0.1) is 13.0 Å². The van der Waals surface area contributed by atoms with Gasteiger partial charge in [0.2, 0.25) is 5.91 Å². The molecule has 34 heavy (non-hydrogen) atoms. The summed E-state index contributed by atoms with van der Waals surface area (Å²) in [5.74, 6) is -1.02. The van der Waals surface area contributed by atoms with Crippen LogP contribution >= 0.6 is 0 Å². The summed E-state index contributed by atoms with van der Waals surface area (Å²) in [5, 5.41) is 12.2. The summed E-state index contributed by atoms with van der Waals surface area (Å²) in [4.78, 5) is 38.7. The fraction of sp³-hybridized carbons (Fsp3) is 0.880. The normalized spacial score (nSPS) is 20.8. The van der Waals surface area contributed by atoms with Crippen molar-refractivity contribution >= 4 is 18.0 Å². The molecule has 2 atom stereocenters. The second-order valence-corrected chi connectivity index (χ2v) is 12.1. The van der Waals surface area contributed by atoms with E-state index in [0.717, 1.165) is 12.8 Å². The zero-order valence-electron chi connectivity index (χ0n) is 22.7. The minimum Gasteiger partial charge on any atom is -0.481 e. The van der Waals surface area contributed by atoms with Gasteiger partial charge in [-0.15, -0.1) is 0 Å². The van der Waals surface area contributed by atoms with Gasteiger partial charge >= 0.3 is 12.1 Å². The van der Waals surface area contributed by atoms with E-state index < -0.39 is 46.6 Å². The number of carboxylic acid groups (broad SMARTS) is 1. The van der Waals surface area contributed by atoms with Gasteiger partial charge in [0.25, 0.3) is 0 Å². The molecule has 0 aromatic heterocycles. The molecule has 0 unspecified atom stereocenters. The minimum absolute atomic E-state index is 0.0856. The van der Waals surface area contributed by atoms with E-state index in [0.29, 0.717) is 13.0 Å². The van der Waals surface area contributed by atoms with Crippen molar-refractivity contribution in [2.24, 2.45) is 10.8 Å². The monoisotopic (exact) mass is 486 g/mol. The molecule has 0 aliphatic carbocycles. The van der Waals surface area contributed by atoms with Crippen molar-refractivity contribution in [1.82, 2.24) is 10.2 Å². The third-order valence-electron chi connectivity index (χ3n) is 5.60. The number of nitrogens with one attached hydrogen (secondary N) is 1. The lowest BCUT2D eigenvalue weighted by molar-refractivity contribution is -0.143. The molecule has 1 fully saturated rings. The van der Waals surface area contributed by atoms with Crippen molar-refractivity contribution in [3.63, 3.8) is 0 Å². The number of carboxylic acids is 1. The van der Waals surface area contributed by atoms with Crippen molar-refractivity contribution in [3.8, 4) is 0 Å². The molecule has 0 aromatic carbocycles. The van der Waals surface area contributed by atoms with Crippen molar-refractivity contribution in [2.75, 3.05) is 13.2 Å². The Balaban J connectivity index is 3.20. The molecule has 0 bridgehead atoms. The van der Waals surface area contributed by atoms with Crippen LogP contribution in [0.25, 0.3) is 0 Å². The Labute approximate surface area is 204 Å². The molecule has 1 heterocycles. The number of aliphatic carboxylic acids is 1. The lowest BCUT2D eigenvalue weighted by atomic mass is 9.85. The number of carbonyl (C=O) groups is 3. The quantitative estimate of drug-likeness (QED) is 0.412. The average Bonchev–Trinajstić information content (AvgIpc) is 2.86. The second kappa shape index (κ2) is 11.2. The van der Waals surface area contributed by atoms with Gasteiger partial charge in [0.15, 0.2) is 6.23 Å². The molecular formula is C25H46N2O7. The molecule has 1 saturated heterocycles. The van der Waals surface area contributed by atoms with Gasteiger partial charge in [0, 0.05) is 12.0 Å². The summed E-state index contributed by atoms with van der Waals surface area (Å²) in [6, 6.07) is 0. The first-order chi connectivity index (χ1) is 15.3. The van der Waals surface area contributed by atoms with E-state index in [1.807, 2.05) is 13.8 Å². The highest BCUT2D eigenvalue weighted by atomic mass is 16.6. The molecule has 1 aliphatic heterocycles. The Bertz CT molecular complexity index is 725. The topological polar surface area (TPSA) is 114 Å². The molecule has 0 saturated carbocycles. The van der Waals surface area contributed by atoms with Crippen LogP contribution in [0.2, 0.25) is 0 Å². The fourth-order valence-electron chi connectivity index (χ4n) is 3.90. The Hall–Kier alpha value is -1.87. The van der Waals surface area contributed by atoms with Crippen LogP contribution in [0.3, 0.4) is 0 Å². The highest BCUT2D eigenvalue weighted by Crippen LogP contribution is 2.40. The van der Waals surface area contributed by atoms with Crippen LogP contribution in [0.1, 0.15) is 94.9 Å². The Morgan fingerprint density at radius 2 is 1.68 bits per heavy atom. The Kier molecular flexibility index (Phi) is 9.98. The summed E-state index contributed by atoms with van der Waals surface area (Å²) in [6.07, 6.45) is 0.0328. The van der Waals surface area contributed by atoms with Gasteiger partial charge in [-0.25, -0.2) is 4.79 Å². The van der Waals surface area contributed by atoms with E-state index >= 15 is 0 Å². The molecular weight excluding hydrogens is 440 g/mol. The van der Waals surface area contributed by atoms with Crippen molar-refractivity contribution in [3.05, 3.63) is 0 Å². The van der Waals surface area contributed by atoms with Crippen LogP contribution in [0.15, 0.2) is 0 Å². The van der Waals surface area contributed by atoms with Crippen molar-refractivity contribution in [1.29, 1.82) is 0 Å². The molecule has 198 valence electrons. The standard InChI is InChI=1S/C25H46N2O7/c1-11-12-13-26-20(30)24(7,8)14-17-19(32-16-23(5,6)15-18(28)29)27(25(9,10)33-17)21(31)34-22(2,3)4/h17,19H,11-16H2,1-10H3,(H,26,30)(H,28,29)/t17-,19-/m0/s1. The maximum absolute atomic E-state index is 13.2. The lowest BCUT2D eigenvalue weighted by Crippen LogP contribution is -2.52.